The highest BCUT2D eigenvalue weighted by atomic mass is 35.5. The number of anilines is 2. The molecule has 0 atom stereocenters. The van der Waals surface area contributed by atoms with Gasteiger partial charge >= 0.3 is 0 Å². The fraction of sp³-hybridized carbons (Fsp3) is 0.0667. The molecule has 116 valence electrons. The van der Waals surface area contributed by atoms with Crippen molar-refractivity contribution in [3.63, 3.8) is 0 Å². The van der Waals surface area contributed by atoms with Crippen LogP contribution in [0.5, 0.6) is 5.75 Å². The van der Waals surface area contributed by atoms with E-state index in [-0.39, 0.29) is 5.69 Å². The van der Waals surface area contributed by atoms with Crippen molar-refractivity contribution in [3.8, 4) is 5.75 Å². The Morgan fingerprint density at radius 3 is 2.78 bits per heavy atom. The number of methoxy groups -OCH3 is 1. The van der Waals surface area contributed by atoms with Gasteiger partial charge in [-0.15, -0.1) is 0 Å². The first-order valence-electron chi connectivity index (χ1n) is 6.58. The minimum Gasteiger partial charge on any atom is -0.495 e. The van der Waals surface area contributed by atoms with Gasteiger partial charge in [-0.05, 0) is 24.3 Å². The molecule has 0 spiro atoms. The third-order valence-corrected chi connectivity index (χ3v) is 3.48. The van der Waals surface area contributed by atoms with E-state index >= 15 is 0 Å². The summed E-state index contributed by atoms with van der Waals surface area (Å²) in [6.45, 7) is 0. The lowest BCUT2D eigenvalue weighted by Crippen LogP contribution is -1.99. The molecule has 0 saturated carbocycles. The number of nitrogens with one attached hydrogen (secondary N) is 1. The third-order valence-electron chi connectivity index (χ3n) is 3.24. The van der Waals surface area contributed by atoms with Crippen LogP contribution < -0.4 is 10.1 Å². The Balaban J connectivity index is 2.11. The number of hydrogen-bond acceptors (Lipinski definition) is 6. The maximum absolute atomic E-state index is 11.0. The predicted molar refractivity (Wildman–Crippen MR) is 87.5 cm³/mol. The summed E-state index contributed by atoms with van der Waals surface area (Å²) in [5.74, 6) is 1.01. The van der Waals surface area contributed by atoms with Crippen molar-refractivity contribution in [2.24, 2.45) is 0 Å². The van der Waals surface area contributed by atoms with Gasteiger partial charge in [-0.2, -0.15) is 0 Å². The van der Waals surface area contributed by atoms with Crippen LogP contribution in [-0.2, 0) is 0 Å². The van der Waals surface area contributed by atoms with Crippen LogP contribution in [-0.4, -0.2) is 22.0 Å². The molecule has 2 aromatic carbocycles. The van der Waals surface area contributed by atoms with Crippen molar-refractivity contribution in [1.29, 1.82) is 0 Å². The zero-order valence-corrected chi connectivity index (χ0v) is 12.7. The molecular weight excluding hydrogens is 320 g/mol. The normalized spacial score (nSPS) is 10.5. The van der Waals surface area contributed by atoms with Crippen LogP contribution in [0.4, 0.5) is 17.2 Å². The Morgan fingerprint density at radius 1 is 1.22 bits per heavy atom. The molecule has 0 fully saturated rings. The van der Waals surface area contributed by atoms with Gasteiger partial charge in [-0.3, -0.25) is 10.1 Å². The average molecular weight is 331 g/mol. The highest BCUT2D eigenvalue weighted by molar-refractivity contribution is 6.31. The summed E-state index contributed by atoms with van der Waals surface area (Å²) in [5, 5.41) is 15.1. The Kier molecular flexibility index (Phi) is 3.94. The van der Waals surface area contributed by atoms with E-state index in [0.29, 0.717) is 33.2 Å². The van der Waals surface area contributed by atoms with Gasteiger partial charge in [0.15, 0.2) is 0 Å². The second kappa shape index (κ2) is 6.05. The zero-order valence-electron chi connectivity index (χ0n) is 12.0. The number of non-ortho nitro benzene ring substituents is 1. The molecule has 1 N–H and O–H groups in total. The fourth-order valence-electron chi connectivity index (χ4n) is 2.16. The molecule has 0 saturated heterocycles. The van der Waals surface area contributed by atoms with Gasteiger partial charge in [0.05, 0.1) is 23.2 Å². The molecule has 3 aromatic rings. The van der Waals surface area contributed by atoms with Crippen LogP contribution in [0.25, 0.3) is 10.9 Å². The first-order chi connectivity index (χ1) is 11.1. The highest BCUT2D eigenvalue weighted by Gasteiger charge is 2.12. The SMILES string of the molecule is COc1ccc(Cl)cc1Nc1ncnc2ccc([N+](=O)[O-])cc12. The Morgan fingerprint density at radius 2 is 2.04 bits per heavy atom. The largest absolute Gasteiger partial charge is 0.495 e. The van der Waals surface area contributed by atoms with Gasteiger partial charge in [0.1, 0.15) is 17.9 Å². The second-order valence-electron chi connectivity index (χ2n) is 4.65. The van der Waals surface area contributed by atoms with Crippen LogP contribution in [0.15, 0.2) is 42.7 Å². The molecule has 0 radical (unpaired) electrons. The number of aromatic nitrogens is 2. The molecule has 1 aromatic heterocycles. The van der Waals surface area contributed by atoms with Gasteiger partial charge in [-0.25, -0.2) is 9.97 Å². The minimum absolute atomic E-state index is 0.0339. The van der Waals surface area contributed by atoms with E-state index < -0.39 is 4.92 Å². The van der Waals surface area contributed by atoms with E-state index in [4.69, 9.17) is 16.3 Å². The summed E-state index contributed by atoms with van der Waals surface area (Å²) in [7, 11) is 1.54. The fourth-order valence-corrected chi connectivity index (χ4v) is 2.34. The number of fused-ring (bicyclic) bond motifs is 1. The number of halogens is 1. The first kappa shape index (κ1) is 15.0. The summed E-state index contributed by atoms with van der Waals surface area (Å²) < 4.78 is 5.27. The van der Waals surface area contributed by atoms with Gasteiger partial charge in [0, 0.05) is 22.5 Å². The average Bonchev–Trinajstić information content (AvgIpc) is 2.55. The number of nitro benzene ring substituents is 1. The summed E-state index contributed by atoms with van der Waals surface area (Å²) in [6, 6.07) is 9.51. The van der Waals surface area contributed by atoms with Crippen molar-refractivity contribution in [2.45, 2.75) is 0 Å². The molecule has 0 aliphatic rings. The van der Waals surface area contributed by atoms with Crippen LogP contribution in [0.2, 0.25) is 5.02 Å². The quantitative estimate of drug-likeness (QED) is 0.575. The number of rotatable bonds is 4. The molecular formula is C15H11ClN4O3. The molecule has 8 heteroatoms. The molecule has 3 rings (SSSR count). The lowest BCUT2D eigenvalue weighted by Gasteiger charge is -2.12. The molecule has 7 nitrogen and oxygen atoms in total. The number of hydrogen-bond donors (Lipinski definition) is 1. The molecule has 1 heterocycles. The Bertz CT molecular complexity index is 901. The van der Waals surface area contributed by atoms with Gasteiger partial charge in [0.2, 0.25) is 0 Å². The van der Waals surface area contributed by atoms with E-state index in [1.165, 1.54) is 25.6 Å². The van der Waals surface area contributed by atoms with Crippen LogP contribution in [0, 0.1) is 10.1 Å². The smallest absolute Gasteiger partial charge is 0.270 e. The first-order valence-corrected chi connectivity index (χ1v) is 6.96. The molecule has 0 aliphatic carbocycles. The zero-order chi connectivity index (χ0) is 16.4. The monoisotopic (exact) mass is 330 g/mol. The van der Waals surface area contributed by atoms with Gasteiger partial charge < -0.3 is 10.1 Å². The maximum Gasteiger partial charge on any atom is 0.270 e. The van der Waals surface area contributed by atoms with Crippen molar-refractivity contribution in [3.05, 3.63) is 57.9 Å². The Hall–Kier alpha value is -2.93. The molecule has 0 aliphatic heterocycles. The van der Waals surface area contributed by atoms with Crippen LogP contribution in [0.1, 0.15) is 0 Å². The number of nitro groups is 1. The van der Waals surface area contributed by atoms with Gasteiger partial charge in [-0.1, -0.05) is 11.6 Å². The summed E-state index contributed by atoms with van der Waals surface area (Å²) in [4.78, 5) is 18.8. The number of benzene rings is 2. The highest BCUT2D eigenvalue weighted by Crippen LogP contribution is 2.32. The van der Waals surface area contributed by atoms with E-state index in [1.807, 2.05) is 0 Å². The number of nitrogens with zero attached hydrogens (tertiary/aromatic N) is 3. The van der Waals surface area contributed by atoms with E-state index in [1.54, 1.807) is 24.3 Å². The van der Waals surface area contributed by atoms with Crippen molar-refractivity contribution in [2.75, 3.05) is 12.4 Å². The summed E-state index contributed by atoms with van der Waals surface area (Å²) in [6.07, 6.45) is 1.38. The molecule has 0 amide bonds. The van der Waals surface area contributed by atoms with Gasteiger partial charge in [0.25, 0.3) is 5.69 Å². The van der Waals surface area contributed by atoms with E-state index in [0.717, 1.165) is 0 Å². The second-order valence-corrected chi connectivity index (χ2v) is 5.09. The lowest BCUT2D eigenvalue weighted by atomic mass is 10.2. The maximum atomic E-state index is 11.0. The van der Waals surface area contributed by atoms with E-state index in [9.17, 15) is 10.1 Å². The predicted octanol–water partition coefficient (Wildman–Crippen LogP) is 3.94. The topological polar surface area (TPSA) is 90.2 Å². The van der Waals surface area contributed by atoms with Crippen molar-refractivity contribution < 1.29 is 9.66 Å². The summed E-state index contributed by atoms with van der Waals surface area (Å²) in [5.41, 5.74) is 1.16. The molecule has 23 heavy (non-hydrogen) atoms. The third kappa shape index (κ3) is 3.00. The molecule has 0 bridgehead atoms. The van der Waals surface area contributed by atoms with Crippen molar-refractivity contribution in [1.82, 2.24) is 9.97 Å². The number of ether oxygens (including phenoxy) is 1. The Labute approximate surface area is 136 Å². The van der Waals surface area contributed by atoms with E-state index in [2.05, 4.69) is 15.3 Å². The molecule has 0 unspecified atom stereocenters. The van der Waals surface area contributed by atoms with Crippen molar-refractivity contribution >= 4 is 39.7 Å². The lowest BCUT2D eigenvalue weighted by molar-refractivity contribution is -0.384. The van der Waals surface area contributed by atoms with Crippen LogP contribution >= 0.6 is 11.6 Å². The summed E-state index contributed by atoms with van der Waals surface area (Å²) >= 11 is 6.01. The van der Waals surface area contributed by atoms with Crippen LogP contribution in [0.3, 0.4) is 0 Å². The standard InChI is InChI=1S/C15H11ClN4O3/c1-23-14-5-2-9(16)6-13(14)19-15-11-7-10(20(21)22)3-4-12(11)17-8-18-15/h2-8H,1H3,(H,17,18,19). The minimum atomic E-state index is -0.462.